The van der Waals surface area contributed by atoms with Crippen molar-refractivity contribution in [2.24, 2.45) is 5.41 Å². The first-order valence-corrected chi connectivity index (χ1v) is 4.22. The van der Waals surface area contributed by atoms with Gasteiger partial charge in [-0.1, -0.05) is 27.7 Å². The predicted molar refractivity (Wildman–Crippen MR) is 51.1 cm³/mol. The third kappa shape index (κ3) is 12.1. The molecule has 0 aromatic rings. The monoisotopic (exact) mass is 172 g/mol. The minimum Gasteiger partial charge on any atom is -0.300 e. The molecule has 0 aromatic heterocycles. The lowest BCUT2D eigenvalue weighted by Gasteiger charge is -2.11. The SMILES string of the molecule is CC(=O)C(C)(C)C.CCC(C)=O. The third-order valence-electron chi connectivity index (χ3n) is 1.55. The molecule has 0 unspecified atom stereocenters. The van der Waals surface area contributed by atoms with E-state index in [1.54, 1.807) is 13.8 Å². The van der Waals surface area contributed by atoms with Gasteiger partial charge in [0.2, 0.25) is 0 Å². The summed E-state index contributed by atoms with van der Waals surface area (Å²) >= 11 is 0. The zero-order valence-corrected chi connectivity index (χ0v) is 9.02. The minimum absolute atomic E-state index is 0.139. The van der Waals surface area contributed by atoms with E-state index in [-0.39, 0.29) is 17.0 Å². The second-order valence-electron chi connectivity index (χ2n) is 3.86. The number of hydrogen-bond donors (Lipinski definition) is 0. The Morgan fingerprint density at radius 3 is 1.25 bits per heavy atom. The maximum absolute atomic E-state index is 10.5. The molecule has 0 amide bonds. The summed E-state index contributed by atoms with van der Waals surface area (Å²) in [6.07, 6.45) is 0.667. The van der Waals surface area contributed by atoms with Crippen LogP contribution in [-0.2, 0) is 9.59 Å². The number of ketones is 2. The lowest BCUT2D eigenvalue weighted by atomic mass is 9.92. The Bertz CT molecular complexity index is 152. The fourth-order valence-electron chi connectivity index (χ4n) is 0. The highest BCUT2D eigenvalue weighted by Gasteiger charge is 2.14. The van der Waals surface area contributed by atoms with Gasteiger partial charge >= 0.3 is 0 Å². The largest absolute Gasteiger partial charge is 0.300 e. The maximum atomic E-state index is 10.5. The third-order valence-corrected chi connectivity index (χ3v) is 1.55. The van der Waals surface area contributed by atoms with Crippen molar-refractivity contribution in [3.63, 3.8) is 0 Å². The van der Waals surface area contributed by atoms with E-state index in [9.17, 15) is 9.59 Å². The van der Waals surface area contributed by atoms with Crippen LogP contribution >= 0.6 is 0 Å². The Morgan fingerprint density at radius 2 is 1.25 bits per heavy atom. The van der Waals surface area contributed by atoms with Crippen LogP contribution in [0.3, 0.4) is 0 Å². The van der Waals surface area contributed by atoms with Crippen LogP contribution in [0.4, 0.5) is 0 Å². The van der Waals surface area contributed by atoms with Gasteiger partial charge in [0.1, 0.15) is 11.6 Å². The molecule has 0 atom stereocenters. The molecule has 0 N–H and O–H groups in total. The van der Waals surface area contributed by atoms with Crippen LogP contribution in [0.25, 0.3) is 0 Å². The van der Waals surface area contributed by atoms with Crippen molar-refractivity contribution >= 4 is 11.6 Å². The quantitative estimate of drug-likeness (QED) is 0.609. The Kier molecular flexibility index (Phi) is 6.86. The van der Waals surface area contributed by atoms with Gasteiger partial charge in [-0.3, -0.25) is 4.79 Å². The summed E-state index contributed by atoms with van der Waals surface area (Å²) in [5.41, 5.74) is -0.139. The molecule has 2 nitrogen and oxygen atoms in total. The summed E-state index contributed by atoms with van der Waals surface area (Å²) in [5, 5.41) is 0. The average molecular weight is 172 g/mol. The van der Waals surface area contributed by atoms with Crippen LogP contribution in [0.1, 0.15) is 48.0 Å². The number of Topliss-reactive ketones (excluding diaryl/α,β-unsaturated/α-hetero) is 2. The van der Waals surface area contributed by atoms with Crippen molar-refractivity contribution in [1.82, 2.24) is 0 Å². The van der Waals surface area contributed by atoms with Gasteiger partial charge in [-0.2, -0.15) is 0 Å². The van der Waals surface area contributed by atoms with E-state index in [4.69, 9.17) is 0 Å². The Balaban J connectivity index is 0. The molecule has 0 spiro atoms. The molecule has 0 radical (unpaired) electrons. The van der Waals surface area contributed by atoms with Gasteiger partial charge in [0.05, 0.1) is 0 Å². The minimum atomic E-state index is -0.139. The van der Waals surface area contributed by atoms with Gasteiger partial charge in [-0.25, -0.2) is 0 Å². The standard InChI is InChI=1S/C6H12O.C4H8O/c1-5(7)6(2,3)4;1-3-4(2)5/h1-4H3;3H2,1-2H3. The lowest BCUT2D eigenvalue weighted by molar-refractivity contribution is -0.124. The fourth-order valence-corrected chi connectivity index (χ4v) is 0. The average Bonchev–Trinajstić information content (AvgIpc) is 1.87. The highest BCUT2D eigenvalue weighted by molar-refractivity contribution is 5.80. The lowest BCUT2D eigenvalue weighted by Crippen LogP contribution is -2.15. The maximum Gasteiger partial charge on any atom is 0.135 e. The number of hydrogen-bond acceptors (Lipinski definition) is 2. The molecule has 0 fully saturated rings. The van der Waals surface area contributed by atoms with Gasteiger partial charge in [0.15, 0.2) is 0 Å². The van der Waals surface area contributed by atoms with Gasteiger partial charge in [-0.15, -0.1) is 0 Å². The first kappa shape index (κ1) is 13.9. The van der Waals surface area contributed by atoms with Gasteiger partial charge in [0, 0.05) is 11.8 Å². The highest BCUT2D eigenvalue weighted by Crippen LogP contribution is 2.12. The molecule has 72 valence electrons. The van der Waals surface area contributed by atoms with Crippen molar-refractivity contribution in [2.45, 2.75) is 48.0 Å². The number of rotatable bonds is 1. The van der Waals surface area contributed by atoms with Crippen molar-refractivity contribution in [3.05, 3.63) is 0 Å². The molecule has 0 aliphatic carbocycles. The summed E-state index contributed by atoms with van der Waals surface area (Å²) in [6, 6.07) is 0. The van der Waals surface area contributed by atoms with Crippen LogP contribution in [-0.4, -0.2) is 11.6 Å². The van der Waals surface area contributed by atoms with Crippen LogP contribution in [0.15, 0.2) is 0 Å². The number of carbonyl (C=O) groups excluding carboxylic acids is 2. The summed E-state index contributed by atoms with van der Waals surface area (Å²) in [4.78, 5) is 20.3. The van der Waals surface area contributed by atoms with Crippen LogP contribution in [0.2, 0.25) is 0 Å². The van der Waals surface area contributed by atoms with Crippen molar-refractivity contribution < 1.29 is 9.59 Å². The number of carbonyl (C=O) groups is 2. The summed E-state index contributed by atoms with van der Waals surface area (Å²) in [7, 11) is 0. The van der Waals surface area contributed by atoms with E-state index < -0.39 is 0 Å². The summed E-state index contributed by atoms with van der Waals surface area (Å²) in [6.45, 7) is 10.8. The van der Waals surface area contributed by atoms with Gasteiger partial charge in [0.25, 0.3) is 0 Å². The second kappa shape index (κ2) is 5.92. The normalized spacial score (nSPS) is 9.83. The molecule has 0 aliphatic rings. The molecule has 0 heterocycles. The molecular formula is C10H20O2. The Morgan fingerprint density at radius 1 is 1.08 bits per heavy atom. The fraction of sp³-hybridized carbons (Fsp3) is 0.800. The molecule has 12 heavy (non-hydrogen) atoms. The predicted octanol–water partition coefficient (Wildman–Crippen LogP) is 2.61. The molecule has 0 rings (SSSR count). The van der Waals surface area contributed by atoms with Gasteiger partial charge < -0.3 is 4.79 Å². The Hall–Kier alpha value is -0.660. The molecule has 0 bridgehead atoms. The van der Waals surface area contributed by atoms with Crippen molar-refractivity contribution in [1.29, 1.82) is 0 Å². The molecule has 0 aliphatic heterocycles. The topological polar surface area (TPSA) is 34.1 Å². The molecular weight excluding hydrogens is 152 g/mol. The highest BCUT2D eigenvalue weighted by atomic mass is 16.1. The van der Waals surface area contributed by atoms with E-state index in [1.165, 1.54) is 0 Å². The van der Waals surface area contributed by atoms with E-state index >= 15 is 0 Å². The summed E-state index contributed by atoms with van der Waals surface area (Å²) < 4.78 is 0. The molecule has 0 saturated carbocycles. The second-order valence-corrected chi connectivity index (χ2v) is 3.86. The van der Waals surface area contributed by atoms with E-state index in [0.717, 1.165) is 0 Å². The van der Waals surface area contributed by atoms with E-state index in [1.807, 2.05) is 27.7 Å². The molecule has 0 saturated heterocycles. The zero-order valence-electron chi connectivity index (χ0n) is 9.02. The van der Waals surface area contributed by atoms with Crippen LogP contribution in [0.5, 0.6) is 0 Å². The first-order valence-electron chi connectivity index (χ1n) is 4.22. The van der Waals surface area contributed by atoms with Crippen molar-refractivity contribution in [2.75, 3.05) is 0 Å². The van der Waals surface area contributed by atoms with E-state index in [0.29, 0.717) is 6.42 Å². The van der Waals surface area contributed by atoms with Crippen molar-refractivity contribution in [3.8, 4) is 0 Å². The summed E-state index contributed by atoms with van der Waals surface area (Å²) in [5.74, 6) is 0.498. The van der Waals surface area contributed by atoms with Gasteiger partial charge in [-0.05, 0) is 13.8 Å². The zero-order chi connectivity index (χ0) is 10.4. The molecule has 2 heteroatoms. The van der Waals surface area contributed by atoms with Crippen LogP contribution < -0.4 is 0 Å². The van der Waals surface area contributed by atoms with Crippen LogP contribution in [0, 0.1) is 5.41 Å². The first-order chi connectivity index (χ1) is 5.21. The molecule has 0 aromatic carbocycles. The smallest absolute Gasteiger partial charge is 0.135 e. The Labute approximate surface area is 75.4 Å². The van der Waals surface area contributed by atoms with E-state index in [2.05, 4.69) is 0 Å².